The van der Waals surface area contributed by atoms with Crippen LogP contribution in [0.5, 0.6) is 0 Å². The van der Waals surface area contributed by atoms with Crippen LogP contribution in [0, 0.1) is 50.2 Å². The molecule has 9 fully saturated rings. The van der Waals surface area contributed by atoms with Gasteiger partial charge in [-0.15, -0.1) is 0 Å². The van der Waals surface area contributed by atoms with Crippen LogP contribution in [0.25, 0.3) is 0 Å². The van der Waals surface area contributed by atoms with Gasteiger partial charge in [0.2, 0.25) is 0 Å². The number of carboxylic acid groups (broad SMARTS) is 1. The number of hydrogen-bond donors (Lipinski definition) is 13. The lowest BCUT2D eigenvalue weighted by Crippen LogP contribution is -2.68. The number of rotatable bonds is 11. The van der Waals surface area contributed by atoms with Crippen molar-refractivity contribution in [1.82, 2.24) is 0 Å². The summed E-state index contributed by atoms with van der Waals surface area (Å²) in [5, 5.41) is 142. The zero-order chi connectivity index (χ0) is 56.0. The van der Waals surface area contributed by atoms with E-state index < -0.39 is 200 Å². The number of fused-ring (bicyclic) bond motifs is 7. The maximum atomic E-state index is 13.9. The SMILES string of the molecule is C[C@@H]1O[C@H](OC[C@H]2O[C@@H](O[C@@H]3CC[C@@]4(C)[C@H](CC[C@]5(C)[C@H]4CC=C4[C@@H]6C[C@@](C)(C(=O)O)[C@@H]7C[C@]6(C(=O)O7)[C@H](O)C[C@]45C)C3(C)C)[C@H](O[C@H]3O[C@@H](CO)[C@H](O)[C@@H](O)[C@@H]3O)[C@@H](O)[C@@H]2O)[C@@H](O[C@H]2OC[C@H](O)[C@@H](O)[C@@H]2O)[C@H](O)[C@H]1O. The Kier molecular flexibility index (Phi) is 15.3. The molecule has 24 heteroatoms. The third-order valence-electron chi connectivity index (χ3n) is 21.7. The predicted molar refractivity (Wildman–Crippen MR) is 257 cm³/mol. The molecular formula is C53H82O24. The standard InChI is InChI=1S/C53H82O24/c1-20-31(57)36(62)40(76-42-38(64)32(58)23(55)18-69-42)44(71-20)70-19-25-34(60)37(63)41(77-43-39(65)35(61)33(59)24(17-54)72-43)45(73-25)74-29-11-12-49(4)26(48(29,2)3)10-13-51(6)27(49)9-8-21-22-14-50(5,46(66)67)30-16-53(22,47(68)75-30)28(56)15-52(21,51)7/h8,20,22-45,54-65H,9-19H2,1-7H3,(H,66,67)/t20-,22-,23-,24-,25+,26+,27-,28+,29+,30-,31-,32+,33-,34+,35+,36+,37-,38-,39-,40-,41+,42+,43+,44-,45-,49-,50+,51+,52+,53+/m0/s1. The summed E-state index contributed by atoms with van der Waals surface area (Å²) in [7, 11) is 0. The summed E-state index contributed by atoms with van der Waals surface area (Å²) < 4.78 is 54.3. The number of carbonyl (C=O) groups excluding carboxylic acids is 1. The zero-order valence-corrected chi connectivity index (χ0v) is 44.6. The summed E-state index contributed by atoms with van der Waals surface area (Å²) >= 11 is 0. The summed E-state index contributed by atoms with van der Waals surface area (Å²) in [6, 6.07) is 0. The van der Waals surface area contributed by atoms with Crippen molar-refractivity contribution in [2.24, 2.45) is 50.2 Å². The van der Waals surface area contributed by atoms with Gasteiger partial charge in [0.1, 0.15) is 102 Å². The van der Waals surface area contributed by atoms with Gasteiger partial charge in [0.05, 0.1) is 38.1 Å². The molecule has 0 aromatic heterocycles. The highest BCUT2D eigenvalue weighted by molar-refractivity contribution is 5.85. The normalized spacial score (nSPS) is 56.2. The maximum Gasteiger partial charge on any atom is 0.315 e. The van der Waals surface area contributed by atoms with E-state index in [2.05, 4.69) is 40.7 Å². The molecule has 0 aromatic rings. The third-order valence-corrected chi connectivity index (χ3v) is 21.7. The molecule has 13 N–H and O–H groups in total. The molecular weight excluding hydrogens is 1020 g/mol. The van der Waals surface area contributed by atoms with Crippen LogP contribution in [0.1, 0.15) is 99.8 Å². The summed E-state index contributed by atoms with van der Waals surface area (Å²) in [6.07, 6.45) is -27.6. The van der Waals surface area contributed by atoms with Crippen molar-refractivity contribution < 1.29 is 119 Å². The van der Waals surface area contributed by atoms with Gasteiger partial charge >= 0.3 is 11.9 Å². The van der Waals surface area contributed by atoms with Crippen LogP contribution < -0.4 is 0 Å². The summed E-state index contributed by atoms with van der Waals surface area (Å²) in [4.78, 5) is 26.7. The lowest BCUT2D eigenvalue weighted by Gasteiger charge is -2.71. The molecule has 77 heavy (non-hydrogen) atoms. The zero-order valence-electron chi connectivity index (χ0n) is 44.6. The van der Waals surface area contributed by atoms with E-state index in [1.54, 1.807) is 6.92 Å². The summed E-state index contributed by atoms with van der Waals surface area (Å²) in [5.41, 5.74) is -3.51. The largest absolute Gasteiger partial charge is 0.481 e. The van der Waals surface area contributed by atoms with E-state index in [9.17, 15) is 76.0 Å². The van der Waals surface area contributed by atoms with E-state index in [0.717, 1.165) is 12.0 Å². The van der Waals surface area contributed by atoms with E-state index in [1.807, 2.05) is 0 Å². The molecule has 5 aliphatic heterocycles. The average molecular weight is 1100 g/mol. The number of carbonyl (C=O) groups is 2. The number of hydrogen-bond acceptors (Lipinski definition) is 23. The first kappa shape index (κ1) is 58.1. The van der Waals surface area contributed by atoms with Crippen molar-refractivity contribution in [3.8, 4) is 0 Å². The first-order chi connectivity index (χ1) is 36.0. The summed E-state index contributed by atoms with van der Waals surface area (Å²) in [6.45, 7) is 12.2. The van der Waals surface area contributed by atoms with Gasteiger partial charge in [0.25, 0.3) is 0 Å². The van der Waals surface area contributed by atoms with Crippen molar-refractivity contribution >= 4 is 11.9 Å². The first-order valence-corrected chi connectivity index (χ1v) is 27.4. The minimum Gasteiger partial charge on any atom is -0.481 e. The van der Waals surface area contributed by atoms with Crippen LogP contribution in [-0.2, 0) is 52.2 Å². The van der Waals surface area contributed by atoms with Gasteiger partial charge < -0.3 is 109 Å². The lowest BCUT2D eigenvalue weighted by molar-refractivity contribution is -0.385. The molecule has 30 atom stereocenters. The molecule has 10 rings (SSSR count). The Hall–Kier alpha value is -2.12. The fraction of sp³-hybridized carbons (Fsp3) is 0.925. The Morgan fingerprint density at radius 2 is 1.31 bits per heavy atom. The van der Waals surface area contributed by atoms with E-state index >= 15 is 0 Å². The topological polar surface area (TPSA) is 380 Å². The van der Waals surface area contributed by atoms with Gasteiger partial charge in [0, 0.05) is 12.3 Å². The van der Waals surface area contributed by atoms with Crippen molar-refractivity contribution in [3.63, 3.8) is 0 Å². The number of allylic oxidation sites excluding steroid dienone is 2. The molecule has 0 radical (unpaired) electrons. The van der Waals surface area contributed by atoms with Gasteiger partial charge in [-0.25, -0.2) is 0 Å². The highest BCUT2D eigenvalue weighted by atomic mass is 16.8. The second kappa shape index (κ2) is 20.3. The van der Waals surface area contributed by atoms with Crippen LogP contribution in [0.3, 0.4) is 0 Å². The molecule has 0 amide bonds. The Morgan fingerprint density at radius 1 is 0.675 bits per heavy atom. The molecule has 2 bridgehead atoms. The molecule has 5 heterocycles. The number of ether oxygens (including phenoxy) is 9. The van der Waals surface area contributed by atoms with Gasteiger partial charge in [0.15, 0.2) is 25.2 Å². The number of aliphatic hydroxyl groups is 12. The Morgan fingerprint density at radius 3 is 2.00 bits per heavy atom. The summed E-state index contributed by atoms with van der Waals surface area (Å²) in [5.74, 6) is -2.03. The van der Waals surface area contributed by atoms with Crippen LogP contribution in [-0.4, -0.2) is 233 Å². The minimum atomic E-state index is -1.91. The average Bonchev–Trinajstić information content (AvgIpc) is 3.99. The number of carboxylic acids is 1. The van der Waals surface area contributed by atoms with Crippen LogP contribution in [0.15, 0.2) is 11.6 Å². The van der Waals surface area contributed by atoms with Crippen molar-refractivity contribution in [2.45, 2.75) is 235 Å². The predicted octanol–water partition coefficient (Wildman–Crippen LogP) is -2.32. The Labute approximate surface area is 446 Å². The number of aliphatic carboxylic acids is 1. The molecule has 0 unspecified atom stereocenters. The molecule has 0 aromatic carbocycles. The smallest absolute Gasteiger partial charge is 0.315 e. The molecule has 438 valence electrons. The first-order valence-electron chi connectivity index (χ1n) is 27.4. The number of aliphatic hydroxyl groups excluding tert-OH is 12. The highest BCUT2D eigenvalue weighted by Crippen LogP contribution is 2.77. The van der Waals surface area contributed by atoms with Crippen LogP contribution >= 0.6 is 0 Å². The highest BCUT2D eigenvalue weighted by Gasteiger charge is 2.76. The van der Waals surface area contributed by atoms with Crippen LogP contribution in [0.2, 0.25) is 0 Å². The second-order valence-electron chi connectivity index (χ2n) is 25.8. The fourth-order valence-corrected chi connectivity index (χ4v) is 16.7. The third kappa shape index (κ3) is 8.75. The number of esters is 1. The molecule has 10 aliphatic rings. The second-order valence-corrected chi connectivity index (χ2v) is 25.8. The quantitative estimate of drug-likeness (QED) is 0.0587. The Balaban J connectivity index is 0.912. The van der Waals surface area contributed by atoms with Gasteiger partial charge in [-0.2, -0.15) is 0 Å². The molecule has 5 aliphatic carbocycles. The van der Waals surface area contributed by atoms with Gasteiger partial charge in [-0.3, -0.25) is 9.59 Å². The lowest BCUT2D eigenvalue weighted by atomic mass is 9.33. The van der Waals surface area contributed by atoms with Crippen molar-refractivity contribution in [1.29, 1.82) is 0 Å². The van der Waals surface area contributed by atoms with E-state index in [-0.39, 0.29) is 30.1 Å². The van der Waals surface area contributed by atoms with E-state index in [4.69, 9.17) is 42.6 Å². The molecule has 4 saturated carbocycles. The molecule has 5 saturated heterocycles. The minimum absolute atomic E-state index is 0.0102. The van der Waals surface area contributed by atoms with Gasteiger partial charge in [-0.05, 0) is 92.3 Å². The Bertz CT molecular complexity index is 2230. The van der Waals surface area contributed by atoms with Crippen LogP contribution in [0.4, 0.5) is 0 Å². The molecule has 24 nitrogen and oxygen atoms in total. The maximum absolute atomic E-state index is 13.9. The van der Waals surface area contributed by atoms with Crippen molar-refractivity contribution in [3.05, 3.63) is 11.6 Å². The van der Waals surface area contributed by atoms with Gasteiger partial charge in [-0.1, -0.05) is 46.3 Å². The van der Waals surface area contributed by atoms with E-state index in [1.165, 1.54) is 6.92 Å². The fourth-order valence-electron chi connectivity index (χ4n) is 16.7. The van der Waals surface area contributed by atoms with E-state index in [0.29, 0.717) is 32.1 Å². The van der Waals surface area contributed by atoms with Crippen molar-refractivity contribution in [2.75, 3.05) is 19.8 Å². The monoisotopic (exact) mass is 1100 g/mol. The molecule has 1 spiro atoms.